The molecule has 2 atom stereocenters. The minimum absolute atomic E-state index is 0.359. The average Bonchev–Trinajstić information content (AvgIpc) is 3.09. The number of thiophene rings is 1. The predicted molar refractivity (Wildman–Crippen MR) is 93.8 cm³/mol. The molecule has 0 bridgehead atoms. The number of ether oxygens (including phenoxy) is 1. The largest absolute Gasteiger partial charge is 0.453 e. The lowest BCUT2D eigenvalue weighted by Crippen LogP contribution is -2.45. The third kappa shape index (κ3) is 4.21. The van der Waals surface area contributed by atoms with Crippen molar-refractivity contribution in [2.75, 3.05) is 0 Å². The molecule has 3 rings (SSSR count). The van der Waals surface area contributed by atoms with E-state index in [4.69, 9.17) is 15.7 Å². The van der Waals surface area contributed by atoms with Crippen LogP contribution in [0.2, 0.25) is 0 Å². The van der Waals surface area contributed by atoms with Gasteiger partial charge in [0.15, 0.2) is 6.04 Å². The first kappa shape index (κ1) is 18.7. The number of nitrogens with zero attached hydrogens (tertiary/aromatic N) is 3. The molecule has 27 heavy (non-hydrogen) atoms. The summed E-state index contributed by atoms with van der Waals surface area (Å²) in [7, 11) is 0. The number of nitriles is 1. The normalized spacial score (nSPS) is 22.0. The predicted octanol–water partition coefficient (Wildman–Crippen LogP) is 3.30. The van der Waals surface area contributed by atoms with Gasteiger partial charge in [-0.2, -0.15) is 18.4 Å². The van der Waals surface area contributed by atoms with Gasteiger partial charge in [-0.3, -0.25) is 0 Å². The van der Waals surface area contributed by atoms with Crippen molar-refractivity contribution in [1.29, 1.82) is 5.26 Å². The van der Waals surface area contributed by atoms with Crippen molar-refractivity contribution in [3.05, 3.63) is 51.5 Å². The number of hydrogen-bond donors (Lipinski definition) is 1. The Bertz CT molecular complexity index is 979. The second kappa shape index (κ2) is 6.93. The number of aliphatic imine (C=N–C) groups is 1. The maximum absolute atomic E-state index is 13.1. The summed E-state index contributed by atoms with van der Waals surface area (Å²) >= 11 is 1.24. The molecule has 5 nitrogen and oxygen atoms in total. The molecule has 0 aromatic carbocycles. The molecule has 0 amide bonds. The third-order valence-corrected chi connectivity index (χ3v) is 5.10. The Kier molecular flexibility index (Phi) is 4.81. The molecule has 0 radical (unpaired) electrons. The van der Waals surface area contributed by atoms with Crippen LogP contribution in [0.4, 0.5) is 13.2 Å². The van der Waals surface area contributed by atoms with Gasteiger partial charge in [-0.1, -0.05) is 5.92 Å². The van der Waals surface area contributed by atoms with Crippen molar-refractivity contribution < 1.29 is 17.9 Å². The number of rotatable bonds is 1. The van der Waals surface area contributed by atoms with Gasteiger partial charge in [0.05, 0.1) is 5.56 Å². The van der Waals surface area contributed by atoms with Gasteiger partial charge in [-0.05, 0) is 31.0 Å². The van der Waals surface area contributed by atoms with Gasteiger partial charge in [0.1, 0.15) is 17.4 Å². The van der Waals surface area contributed by atoms with Crippen LogP contribution in [-0.2, 0) is 10.3 Å². The first-order valence-electron chi connectivity index (χ1n) is 7.76. The molecule has 2 aromatic heterocycles. The fourth-order valence-electron chi connectivity index (χ4n) is 2.56. The van der Waals surface area contributed by atoms with E-state index in [9.17, 15) is 13.2 Å². The Balaban J connectivity index is 1.82. The number of aromatic nitrogens is 1. The molecule has 2 N–H and O–H groups in total. The molecular formula is C18H13F3N4OS. The van der Waals surface area contributed by atoms with E-state index in [0.29, 0.717) is 21.7 Å². The SMILES string of the molecule is C[C@@]1(c2cc(C#Cc3ccc(C#N)cn3)cs2)C[C@@H](C(F)(F)F)N=C(N)O1. The number of halogens is 3. The van der Waals surface area contributed by atoms with Crippen LogP contribution >= 0.6 is 11.3 Å². The lowest BCUT2D eigenvalue weighted by Gasteiger charge is -2.36. The highest BCUT2D eigenvalue weighted by molar-refractivity contribution is 7.10. The fourth-order valence-corrected chi connectivity index (χ4v) is 3.51. The molecule has 9 heteroatoms. The van der Waals surface area contributed by atoms with E-state index in [0.717, 1.165) is 0 Å². The molecule has 1 aliphatic heterocycles. The van der Waals surface area contributed by atoms with Crippen molar-refractivity contribution in [2.45, 2.75) is 31.2 Å². The van der Waals surface area contributed by atoms with Crippen molar-refractivity contribution in [3.63, 3.8) is 0 Å². The van der Waals surface area contributed by atoms with E-state index in [1.807, 2.05) is 6.07 Å². The summed E-state index contributed by atoms with van der Waals surface area (Å²) in [5.74, 6) is 5.75. The van der Waals surface area contributed by atoms with Gasteiger partial charge < -0.3 is 10.5 Å². The summed E-state index contributed by atoms with van der Waals surface area (Å²) in [5, 5.41) is 10.5. The number of pyridine rings is 1. The Labute approximate surface area is 157 Å². The Hall–Kier alpha value is -3.04. The topological polar surface area (TPSA) is 84.3 Å². The van der Waals surface area contributed by atoms with Crippen molar-refractivity contribution in [3.8, 4) is 17.9 Å². The van der Waals surface area contributed by atoms with Crippen LogP contribution in [-0.4, -0.2) is 23.2 Å². The van der Waals surface area contributed by atoms with Crippen LogP contribution in [0.15, 0.2) is 34.8 Å². The first-order chi connectivity index (χ1) is 12.7. The van der Waals surface area contributed by atoms with Crippen LogP contribution in [0.1, 0.15) is 35.0 Å². The number of alkyl halides is 3. The van der Waals surface area contributed by atoms with Crippen molar-refractivity contribution in [1.82, 2.24) is 4.98 Å². The Morgan fingerprint density at radius 1 is 1.33 bits per heavy atom. The molecule has 0 spiro atoms. The quantitative estimate of drug-likeness (QED) is 0.758. The fraction of sp³-hybridized carbons (Fsp3) is 0.278. The van der Waals surface area contributed by atoms with Crippen LogP contribution in [0.5, 0.6) is 0 Å². The highest BCUT2D eigenvalue weighted by Crippen LogP contribution is 2.41. The molecular weight excluding hydrogens is 377 g/mol. The maximum Gasteiger partial charge on any atom is 0.411 e. The number of amidine groups is 1. The van der Waals surface area contributed by atoms with Crippen LogP contribution in [0.25, 0.3) is 0 Å². The molecule has 0 saturated carbocycles. The summed E-state index contributed by atoms with van der Waals surface area (Å²) in [4.78, 5) is 7.99. The molecule has 0 saturated heterocycles. The molecule has 0 fully saturated rings. The number of hydrogen-bond acceptors (Lipinski definition) is 6. The highest BCUT2D eigenvalue weighted by Gasteiger charge is 2.49. The van der Waals surface area contributed by atoms with E-state index in [1.165, 1.54) is 17.5 Å². The highest BCUT2D eigenvalue weighted by atomic mass is 32.1. The van der Waals surface area contributed by atoms with Crippen LogP contribution in [0, 0.1) is 23.2 Å². The molecule has 3 heterocycles. The smallest absolute Gasteiger partial charge is 0.411 e. The van der Waals surface area contributed by atoms with Gasteiger partial charge in [0.25, 0.3) is 6.02 Å². The maximum atomic E-state index is 13.1. The Morgan fingerprint density at radius 2 is 2.11 bits per heavy atom. The van der Waals surface area contributed by atoms with Crippen LogP contribution in [0.3, 0.4) is 0 Å². The zero-order chi connectivity index (χ0) is 19.7. The van der Waals surface area contributed by atoms with Crippen molar-refractivity contribution >= 4 is 17.4 Å². The van der Waals surface area contributed by atoms with E-state index in [-0.39, 0.29) is 6.42 Å². The summed E-state index contributed by atoms with van der Waals surface area (Å²) < 4.78 is 44.7. The second-order valence-corrected chi connectivity index (χ2v) is 6.97. The summed E-state index contributed by atoms with van der Waals surface area (Å²) in [6, 6.07) is 4.48. The van der Waals surface area contributed by atoms with Crippen molar-refractivity contribution in [2.24, 2.45) is 10.7 Å². The summed E-state index contributed by atoms with van der Waals surface area (Å²) in [6.45, 7) is 1.55. The minimum Gasteiger partial charge on any atom is -0.453 e. The van der Waals surface area contributed by atoms with Crippen LogP contribution < -0.4 is 5.73 Å². The van der Waals surface area contributed by atoms with E-state index in [2.05, 4.69) is 21.8 Å². The van der Waals surface area contributed by atoms with Gasteiger partial charge in [-0.15, -0.1) is 11.3 Å². The second-order valence-electron chi connectivity index (χ2n) is 6.06. The first-order valence-corrected chi connectivity index (χ1v) is 8.64. The minimum atomic E-state index is -4.49. The standard InChI is InChI=1S/C18H13F3N4OS/c1-17(7-14(18(19,20)21)25-16(23)26-17)15-6-11(10-27-15)2-4-13-5-3-12(8-22)9-24-13/h3,5-6,9-10,14H,7H2,1H3,(H2,23,25)/t14-,17-/m0/s1. The third-order valence-electron chi connectivity index (χ3n) is 3.92. The molecule has 1 aliphatic rings. The van der Waals surface area contributed by atoms with Gasteiger partial charge in [-0.25, -0.2) is 9.98 Å². The van der Waals surface area contributed by atoms with Gasteiger partial charge >= 0.3 is 6.18 Å². The lowest BCUT2D eigenvalue weighted by atomic mass is 9.93. The van der Waals surface area contributed by atoms with Gasteiger partial charge in [0.2, 0.25) is 0 Å². The lowest BCUT2D eigenvalue weighted by molar-refractivity contribution is -0.163. The van der Waals surface area contributed by atoms with E-state index >= 15 is 0 Å². The van der Waals surface area contributed by atoms with Gasteiger partial charge in [0, 0.05) is 28.4 Å². The summed E-state index contributed by atoms with van der Waals surface area (Å²) in [5.41, 5.74) is 5.77. The number of nitrogens with two attached hydrogens (primary N) is 1. The molecule has 2 aromatic rings. The Morgan fingerprint density at radius 3 is 2.74 bits per heavy atom. The molecule has 0 aliphatic carbocycles. The molecule has 138 valence electrons. The average molecular weight is 390 g/mol. The summed E-state index contributed by atoms with van der Waals surface area (Å²) in [6.07, 6.45) is -3.43. The monoisotopic (exact) mass is 390 g/mol. The molecule has 0 unspecified atom stereocenters. The zero-order valence-corrected chi connectivity index (χ0v) is 14.9. The van der Waals surface area contributed by atoms with E-state index in [1.54, 1.807) is 30.5 Å². The van der Waals surface area contributed by atoms with E-state index < -0.39 is 23.8 Å². The zero-order valence-electron chi connectivity index (χ0n) is 14.0.